The number of benzene rings is 2. The van der Waals surface area contributed by atoms with Crippen molar-refractivity contribution < 1.29 is 9.47 Å². The second-order valence-corrected chi connectivity index (χ2v) is 7.39. The molecule has 0 aromatic heterocycles. The molecular formula is C19H22O2S. The Kier molecular flexibility index (Phi) is 4.63. The average molecular weight is 314 g/mol. The minimum Gasteiger partial charge on any atom is -0.454 e. The minimum atomic E-state index is 0.151. The van der Waals surface area contributed by atoms with Gasteiger partial charge in [0.15, 0.2) is 11.5 Å². The second-order valence-electron chi connectivity index (χ2n) is 6.22. The summed E-state index contributed by atoms with van der Waals surface area (Å²) in [6.45, 7) is 4.95. The summed E-state index contributed by atoms with van der Waals surface area (Å²) >= 11 is 1.93. The fourth-order valence-electron chi connectivity index (χ4n) is 2.68. The molecule has 0 unspecified atom stereocenters. The maximum atomic E-state index is 5.49. The molecule has 2 aromatic rings. The van der Waals surface area contributed by atoms with Crippen molar-refractivity contribution in [3.63, 3.8) is 0 Å². The number of rotatable bonds is 6. The smallest absolute Gasteiger partial charge is 0.231 e. The maximum absolute atomic E-state index is 5.49. The van der Waals surface area contributed by atoms with Gasteiger partial charge in [0, 0.05) is 4.90 Å². The molecule has 1 aliphatic heterocycles. The molecular weight excluding hydrogens is 292 g/mol. The lowest BCUT2D eigenvalue weighted by molar-refractivity contribution is 0.174. The van der Waals surface area contributed by atoms with E-state index in [9.17, 15) is 0 Å². The zero-order valence-electron chi connectivity index (χ0n) is 13.2. The van der Waals surface area contributed by atoms with Crippen molar-refractivity contribution in [1.82, 2.24) is 0 Å². The summed E-state index contributed by atoms with van der Waals surface area (Å²) in [6.07, 6.45) is 2.35. The van der Waals surface area contributed by atoms with Gasteiger partial charge >= 0.3 is 0 Å². The van der Waals surface area contributed by atoms with E-state index in [4.69, 9.17) is 9.47 Å². The maximum Gasteiger partial charge on any atom is 0.231 e. The van der Waals surface area contributed by atoms with Crippen LogP contribution in [0, 0.1) is 0 Å². The molecule has 0 atom stereocenters. The van der Waals surface area contributed by atoms with Gasteiger partial charge in [-0.05, 0) is 53.8 Å². The first-order valence-corrected chi connectivity index (χ1v) is 8.72. The molecule has 1 aliphatic rings. The molecule has 2 nitrogen and oxygen atoms in total. The summed E-state index contributed by atoms with van der Waals surface area (Å²) in [5.41, 5.74) is 1.47. The van der Waals surface area contributed by atoms with Crippen molar-refractivity contribution in [2.45, 2.75) is 37.0 Å². The van der Waals surface area contributed by atoms with Crippen molar-refractivity contribution in [3.8, 4) is 11.5 Å². The summed E-state index contributed by atoms with van der Waals surface area (Å²) in [6, 6.07) is 16.9. The highest BCUT2D eigenvalue weighted by Crippen LogP contribution is 2.38. The summed E-state index contributed by atoms with van der Waals surface area (Å²) in [4.78, 5) is 1.35. The molecule has 0 bridgehead atoms. The van der Waals surface area contributed by atoms with E-state index in [1.807, 2.05) is 17.8 Å². The van der Waals surface area contributed by atoms with Gasteiger partial charge in [-0.1, -0.05) is 38.1 Å². The molecule has 3 rings (SSSR count). The van der Waals surface area contributed by atoms with Crippen LogP contribution < -0.4 is 9.47 Å². The highest BCUT2D eigenvalue weighted by molar-refractivity contribution is 7.99. The lowest BCUT2D eigenvalue weighted by atomic mass is 9.80. The predicted octanol–water partition coefficient (Wildman–Crippen LogP) is 5.27. The van der Waals surface area contributed by atoms with Gasteiger partial charge in [0.25, 0.3) is 0 Å². The first-order chi connectivity index (χ1) is 10.6. The molecule has 0 saturated carbocycles. The van der Waals surface area contributed by atoms with E-state index in [1.165, 1.54) is 16.9 Å². The number of thioether (sulfide) groups is 1. The Bertz CT molecular complexity index is 623. The quantitative estimate of drug-likeness (QED) is 0.535. The van der Waals surface area contributed by atoms with Gasteiger partial charge in [-0.25, -0.2) is 0 Å². The molecule has 0 spiro atoms. The van der Waals surface area contributed by atoms with E-state index in [1.54, 1.807) is 0 Å². The zero-order chi connectivity index (χ0) is 15.4. The SMILES string of the molecule is CC(C)(CCCSc1ccccc1)c1ccc2c(c1)OCO2. The Hall–Kier alpha value is -1.61. The van der Waals surface area contributed by atoms with Gasteiger partial charge in [0.2, 0.25) is 6.79 Å². The summed E-state index contributed by atoms with van der Waals surface area (Å²) in [5, 5.41) is 0. The van der Waals surface area contributed by atoms with Crippen molar-refractivity contribution in [2.75, 3.05) is 12.5 Å². The van der Waals surface area contributed by atoms with Crippen LogP contribution in [0.2, 0.25) is 0 Å². The van der Waals surface area contributed by atoms with Crippen LogP contribution in [0.5, 0.6) is 11.5 Å². The Morgan fingerprint density at radius 3 is 2.59 bits per heavy atom. The third kappa shape index (κ3) is 3.58. The van der Waals surface area contributed by atoms with Crippen LogP contribution in [0.15, 0.2) is 53.4 Å². The van der Waals surface area contributed by atoms with Crippen LogP contribution in [0.4, 0.5) is 0 Å². The monoisotopic (exact) mass is 314 g/mol. The van der Waals surface area contributed by atoms with Crippen LogP contribution in [0.25, 0.3) is 0 Å². The lowest BCUT2D eigenvalue weighted by Gasteiger charge is -2.25. The third-order valence-electron chi connectivity index (χ3n) is 4.11. The molecule has 116 valence electrons. The molecule has 22 heavy (non-hydrogen) atoms. The van der Waals surface area contributed by atoms with Crippen LogP contribution in [-0.4, -0.2) is 12.5 Å². The van der Waals surface area contributed by atoms with E-state index in [-0.39, 0.29) is 5.41 Å². The van der Waals surface area contributed by atoms with E-state index in [2.05, 4.69) is 56.3 Å². The summed E-state index contributed by atoms with van der Waals surface area (Å²) in [7, 11) is 0. The Labute approximate surface area is 136 Å². The lowest BCUT2D eigenvalue weighted by Crippen LogP contribution is -2.17. The zero-order valence-corrected chi connectivity index (χ0v) is 14.0. The number of hydrogen-bond acceptors (Lipinski definition) is 3. The van der Waals surface area contributed by atoms with Gasteiger partial charge in [0.05, 0.1) is 0 Å². The molecule has 3 heteroatoms. The van der Waals surface area contributed by atoms with Gasteiger partial charge in [0.1, 0.15) is 0 Å². The summed E-state index contributed by atoms with van der Waals surface area (Å²) in [5.74, 6) is 2.89. The first-order valence-electron chi connectivity index (χ1n) is 7.73. The second kappa shape index (κ2) is 6.66. The fourth-order valence-corrected chi connectivity index (χ4v) is 3.56. The van der Waals surface area contributed by atoms with Gasteiger partial charge < -0.3 is 9.47 Å². The largest absolute Gasteiger partial charge is 0.454 e. The minimum absolute atomic E-state index is 0.151. The molecule has 0 fully saturated rings. The summed E-state index contributed by atoms with van der Waals surface area (Å²) < 4.78 is 10.9. The fraction of sp³-hybridized carbons (Fsp3) is 0.368. The third-order valence-corrected chi connectivity index (χ3v) is 5.21. The number of ether oxygens (including phenoxy) is 2. The predicted molar refractivity (Wildman–Crippen MR) is 92.0 cm³/mol. The van der Waals surface area contributed by atoms with Crippen molar-refractivity contribution in [2.24, 2.45) is 0 Å². The normalized spacial score (nSPS) is 13.4. The Morgan fingerprint density at radius 1 is 1.00 bits per heavy atom. The number of fused-ring (bicyclic) bond motifs is 1. The van der Waals surface area contributed by atoms with Crippen molar-refractivity contribution in [3.05, 3.63) is 54.1 Å². The molecule has 0 amide bonds. The van der Waals surface area contributed by atoms with E-state index in [0.29, 0.717) is 6.79 Å². The van der Waals surface area contributed by atoms with Gasteiger partial charge in [-0.2, -0.15) is 0 Å². The molecule has 1 heterocycles. The van der Waals surface area contributed by atoms with Crippen LogP contribution in [-0.2, 0) is 5.41 Å². The average Bonchev–Trinajstić information content (AvgIpc) is 3.00. The standard InChI is InChI=1S/C19H22O2S/c1-19(2,11-6-12-22-16-7-4-3-5-8-16)15-9-10-17-18(13-15)21-14-20-17/h3-5,7-10,13H,6,11-12,14H2,1-2H3. The van der Waals surface area contributed by atoms with E-state index in [0.717, 1.165) is 23.7 Å². The van der Waals surface area contributed by atoms with Crippen LogP contribution >= 0.6 is 11.8 Å². The highest BCUT2D eigenvalue weighted by atomic mass is 32.2. The Morgan fingerprint density at radius 2 is 1.77 bits per heavy atom. The van der Waals surface area contributed by atoms with E-state index >= 15 is 0 Å². The molecule has 2 aromatic carbocycles. The molecule has 0 radical (unpaired) electrons. The number of hydrogen-bond donors (Lipinski definition) is 0. The van der Waals surface area contributed by atoms with Crippen LogP contribution in [0.3, 0.4) is 0 Å². The molecule has 0 saturated heterocycles. The Balaban J connectivity index is 1.54. The van der Waals surface area contributed by atoms with Crippen molar-refractivity contribution in [1.29, 1.82) is 0 Å². The van der Waals surface area contributed by atoms with Gasteiger partial charge in [-0.3, -0.25) is 0 Å². The first kappa shape index (κ1) is 15.3. The topological polar surface area (TPSA) is 18.5 Å². The highest BCUT2D eigenvalue weighted by Gasteiger charge is 2.23. The van der Waals surface area contributed by atoms with Gasteiger partial charge in [-0.15, -0.1) is 11.8 Å². The van der Waals surface area contributed by atoms with E-state index < -0.39 is 0 Å². The van der Waals surface area contributed by atoms with Crippen molar-refractivity contribution >= 4 is 11.8 Å². The van der Waals surface area contributed by atoms with Crippen LogP contribution in [0.1, 0.15) is 32.3 Å². The molecule has 0 aliphatic carbocycles. The molecule has 0 N–H and O–H groups in total.